The molecule has 1 heterocycles. The topological polar surface area (TPSA) is 61.0 Å². The Morgan fingerprint density at radius 2 is 2.18 bits per heavy atom. The van der Waals surface area contributed by atoms with Gasteiger partial charge in [-0.2, -0.15) is 5.90 Å². The lowest BCUT2D eigenvalue weighted by molar-refractivity contribution is 0.319. The Hall–Kier alpha value is -1.16. The Kier molecular flexibility index (Phi) is 2.38. The molecule has 0 atom stereocenters. The van der Waals surface area contributed by atoms with Gasteiger partial charge in [0.1, 0.15) is 6.33 Å². The third-order valence-corrected chi connectivity index (χ3v) is 1.38. The zero-order chi connectivity index (χ0) is 8.27. The minimum atomic E-state index is 0.367. The van der Waals surface area contributed by atoms with E-state index in [-0.39, 0.29) is 0 Å². The standard InChI is InChI=1S/C7H11N3O/c1-5(2)6-3-7(11-8)10-4-9-6/h3-5H,8H2,1-2H3. The van der Waals surface area contributed by atoms with Crippen LogP contribution in [0.1, 0.15) is 25.5 Å². The molecule has 0 aromatic carbocycles. The van der Waals surface area contributed by atoms with Gasteiger partial charge in [0.25, 0.3) is 0 Å². The van der Waals surface area contributed by atoms with E-state index in [2.05, 4.69) is 14.8 Å². The second-order valence-electron chi connectivity index (χ2n) is 2.55. The van der Waals surface area contributed by atoms with Crippen LogP contribution in [-0.4, -0.2) is 9.97 Å². The lowest BCUT2D eigenvalue weighted by Gasteiger charge is -2.03. The second kappa shape index (κ2) is 3.30. The van der Waals surface area contributed by atoms with Crippen molar-refractivity contribution in [2.75, 3.05) is 0 Å². The van der Waals surface area contributed by atoms with Crippen LogP contribution in [0.2, 0.25) is 0 Å². The predicted octanol–water partition coefficient (Wildman–Crippen LogP) is 0.853. The predicted molar refractivity (Wildman–Crippen MR) is 40.9 cm³/mol. The summed E-state index contributed by atoms with van der Waals surface area (Å²) >= 11 is 0. The first-order valence-corrected chi connectivity index (χ1v) is 3.42. The van der Waals surface area contributed by atoms with E-state index in [9.17, 15) is 0 Å². The minimum Gasteiger partial charge on any atom is -0.391 e. The first-order chi connectivity index (χ1) is 5.24. The van der Waals surface area contributed by atoms with Gasteiger partial charge in [-0.3, -0.25) is 0 Å². The molecule has 1 aromatic rings. The zero-order valence-corrected chi connectivity index (χ0v) is 6.61. The zero-order valence-electron chi connectivity index (χ0n) is 6.61. The Balaban J connectivity index is 2.91. The van der Waals surface area contributed by atoms with E-state index in [0.29, 0.717) is 11.8 Å². The Morgan fingerprint density at radius 1 is 1.45 bits per heavy atom. The fourth-order valence-electron chi connectivity index (χ4n) is 0.734. The summed E-state index contributed by atoms with van der Waals surface area (Å²) in [4.78, 5) is 12.3. The highest BCUT2D eigenvalue weighted by molar-refractivity contribution is 5.15. The number of hydrogen-bond donors (Lipinski definition) is 1. The maximum atomic E-state index is 4.93. The van der Waals surface area contributed by atoms with E-state index < -0.39 is 0 Å². The van der Waals surface area contributed by atoms with Crippen molar-refractivity contribution in [2.24, 2.45) is 5.90 Å². The third-order valence-electron chi connectivity index (χ3n) is 1.38. The monoisotopic (exact) mass is 153 g/mol. The lowest BCUT2D eigenvalue weighted by Crippen LogP contribution is -2.05. The largest absolute Gasteiger partial charge is 0.391 e. The van der Waals surface area contributed by atoms with Gasteiger partial charge in [-0.15, -0.1) is 0 Å². The van der Waals surface area contributed by atoms with Crippen LogP contribution in [0.4, 0.5) is 0 Å². The highest BCUT2D eigenvalue weighted by Gasteiger charge is 2.01. The summed E-state index contributed by atoms with van der Waals surface area (Å²) in [6.45, 7) is 4.09. The number of aromatic nitrogens is 2. The number of rotatable bonds is 2. The van der Waals surface area contributed by atoms with E-state index in [1.165, 1.54) is 6.33 Å². The molecule has 0 unspecified atom stereocenters. The van der Waals surface area contributed by atoms with E-state index in [4.69, 9.17) is 5.90 Å². The van der Waals surface area contributed by atoms with Gasteiger partial charge in [0, 0.05) is 6.07 Å². The third kappa shape index (κ3) is 1.88. The molecule has 1 rings (SSSR count). The Morgan fingerprint density at radius 3 is 2.73 bits per heavy atom. The molecule has 0 saturated carbocycles. The highest BCUT2D eigenvalue weighted by atomic mass is 16.6. The van der Waals surface area contributed by atoms with Crippen LogP contribution in [0, 0.1) is 0 Å². The Labute approximate surface area is 65.4 Å². The normalized spacial score (nSPS) is 10.2. The summed E-state index contributed by atoms with van der Waals surface area (Å²) in [5, 5.41) is 0. The van der Waals surface area contributed by atoms with E-state index in [0.717, 1.165) is 5.69 Å². The molecule has 11 heavy (non-hydrogen) atoms. The van der Waals surface area contributed by atoms with Crippen molar-refractivity contribution < 1.29 is 4.84 Å². The molecule has 0 fully saturated rings. The maximum Gasteiger partial charge on any atom is 0.240 e. The SMILES string of the molecule is CC(C)c1cc(ON)ncn1. The molecule has 0 spiro atoms. The summed E-state index contributed by atoms with van der Waals surface area (Å²) < 4.78 is 0. The molecule has 0 bridgehead atoms. The van der Waals surface area contributed by atoms with Crippen molar-refractivity contribution in [1.82, 2.24) is 9.97 Å². The van der Waals surface area contributed by atoms with Gasteiger partial charge in [0.2, 0.25) is 5.88 Å². The summed E-state index contributed by atoms with van der Waals surface area (Å²) in [5.74, 6) is 5.70. The van der Waals surface area contributed by atoms with Gasteiger partial charge in [-0.05, 0) is 5.92 Å². The molecule has 1 aromatic heterocycles. The molecule has 60 valence electrons. The fourth-order valence-corrected chi connectivity index (χ4v) is 0.734. The molecule has 0 aliphatic carbocycles. The summed E-state index contributed by atoms with van der Waals surface area (Å²) in [6.07, 6.45) is 1.44. The van der Waals surface area contributed by atoms with E-state index in [1.807, 2.05) is 13.8 Å². The van der Waals surface area contributed by atoms with Crippen LogP contribution in [0.3, 0.4) is 0 Å². The average molecular weight is 153 g/mol. The van der Waals surface area contributed by atoms with Gasteiger partial charge in [-0.1, -0.05) is 13.8 Å². The minimum absolute atomic E-state index is 0.367. The molecule has 0 radical (unpaired) electrons. The number of nitrogens with two attached hydrogens (primary N) is 1. The van der Waals surface area contributed by atoms with Crippen LogP contribution in [0.15, 0.2) is 12.4 Å². The van der Waals surface area contributed by atoms with Crippen molar-refractivity contribution in [1.29, 1.82) is 0 Å². The highest BCUT2D eigenvalue weighted by Crippen LogP contribution is 2.13. The van der Waals surface area contributed by atoms with E-state index in [1.54, 1.807) is 6.07 Å². The first kappa shape index (κ1) is 7.94. The maximum absolute atomic E-state index is 4.93. The van der Waals surface area contributed by atoms with Crippen molar-refractivity contribution in [3.05, 3.63) is 18.1 Å². The molecule has 0 aliphatic heterocycles. The van der Waals surface area contributed by atoms with Crippen molar-refractivity contribution in [3.63, 3.8) is 0 Å². The molecule has 0 saturated heterocycles. The number of nitrogens with zero attached hydrogens (tertiary/aromatic N) is 2. The Bertz CT molecular complexity index is 237. The molecule has 4 heteroatoms. The van der Waals surface area contributed by atoms with Crippen molar-refractivity contribution in [3.8, 4) is 5.88 Å². The van der Waals surface area contributed by atoms with Crippen molar-refractivity contribution >= 4 is 0 Å². The van der Waals surface area contributed by atoms with Gasteiger partial charge < -0.3 is 4.84 Å². The van der Waals surface area contributed by atoms with Crippen LogP contribution in [0.25, 0.3) is 0 Å². The summed E-state index contributed by atoms with van der Waals surface area (Å²) in [5.41, 5.74) is 0.931. The van der Waals surface area contributed by atoms with Gasteiger partial charge in [0.05, 0.1) is 5.69 Å². The molecule has 2 N–H and O–H groups in total. The number of hydrogen-bond acceptors (Lipinski definition) is 4. The van der Waals surface area contributed by atoms with Crippen LogP contribution >= 0.6 is 0 Å². The van der Waals surface area contributed by atoms with Gasteiger partial charge in [0.15, 0.2) is 0 Å². The molecule has 4 nitrogen and oxygen atoms in total. The van der Waals surface area contributed by atoms with E-state index >= 15 is 0 Å². The molecule has 0 aliphatic rings. The summed E-state index contributed by atoms with van der Waals surface area (Å²) in [6, 6.07) is 1.73. The quantitative estimate of drug-likeness (QED) is 0.640. The molecule has 0 amide bonds. The smallest absolute Gasteiger partial charge is 0.240 e. The lowest BCUT2D eigenvalue weighted by atomic mass is 10.1. The first-order valence-electron chi connectivity index (χ1n) is 3.42. The van der Waals surface area contributed by atoms with Crippen LogP contribution in [-0.2, 0) is 0 Å². The molecular weight excluding hydrogens is 142 g/mol. The van der Waals surface area contributed by atoms with Crippen LogP contribution < -0.4 is 10.7 Å². The van der Waals surface area contributed by atoms with Crippen molar-refractivity contribution in [2.45, 2.75) is 19.8 Å². The van der Waals surface area contributed by atoms with Crippen LogP contribution in [0.5, 0.6) is 5.88 Å². The molecular formula is C7H11N3O. The second-order valence-corrected chi connectivity index (χ2v) is 2.55. The van der Waals surface area contributed by atoms with Gasteiger partial charge >= 0.3 is 0 Å². The fraction of sp³-hybridized carbons (Fsp3) is 0.429. The summed E-state index contributed by atoms with van der Waals surface area (Å²) in [7, 11) is 0. The average Bonchev–Trinajstić information content (AvgIpc) is 2.05. The van der Waals surface area contributed by atoms with Gasteiger partial charge in [-0.25, -0.2) is 9.97 Å².